The van der Waals surface area contributed by atoms with Crippen LogP contribution >= 0.6 is 24.0 Å². The fourth-order valence-electron chi connectivity index (χ4n) is 2.87. The van der Waals surface area contributed by atoms with E-state index >= 15 is 0 Å². The second-order valence-electron chi connectivity index (χ2n) is 5.65. The van der Waals surface area contributed by atoms with Crippen molar-refractivity contribution in [3.8, 4) is 0 Å². The summed E-state index contributed by atoms with van der Waals surface area (Å²) in [4.78, 5) is 4.17. The monoisotopic (exact) mass is 378 g/mol. The number of hydrogen-bond acceptors (Lipinski definition) is 1. The van der Waals surface area contributed by atoms with E-state index in [0.717, 1.165) is 11.8 Å². The number of hydrogen-bond donors (Lipinski definition) is 0. The molecule has 1 rings (SSSR count). The Morgan fingerprint density at radius 2 is 1.79 bits per heavy atom. The van der Waals surface area contributed by atoms with Crippen LogP contribution in [0.3, 0.4) is 0 Å². The maximum atomic E-state index is 4.17. The Bertz CT molecular complexity index is 298. The highest BCUT2D eigenvalue weighted by Crippen LogP contribution is 2.31. The standard InChI is InChI=1S/C16H30N2.HI/c1-5-7-8-10-16(9-6-2)14(3)15(4)18-12-11-17-13-18;/h11-16H,5-10H2,1-4H3;1H. The average molecular weight is 378 g/mol. The van der Waals surface area contributed by atoms with E-state index in [1.807, 2.05) is 12.5 Å². The summed E-state index contributed by atoms with van der Waals surface area (Å²) in [5.41, 5.74) is 0. The molecule has 0 aliphatic heterocycles. The summed E-state index contributed by atoms with van der Waals surface area (Å²) in [6.07, 6.45) is 14.1. The maximum Gasteiger partial charge on any atom is 0.0948 e. The molecule has 0 bridgehead atoms. The SMILES string of the molecule is CCCCCC(CCC)C(C)C(C)n1ccnc1.I. The first-order valence-electron chi connectivity index (χ1n) is 7.68. The Morgan fingerprint density at radius 1 is 1.05 bits per heavy atom. The predicted octanol–water partition coefficient (Wildman–Crippen LogP) is 5.69. The summed E-state index contributed by atoms with van der Waals surface area (Å²) in [5, 5.41) is 0. The van der Waals surface area contributed by atoms with E-state index in [4.69, 9.17) is 0 Å². The van der Waals surface area contributed by atoms with Crippen molar-refractivity contribution in [3.63, 3.8) is 0 Å². The van der Waals surface area contributed by atoms with Gasteiger partial charge in [-0.2, -0.15) is 0 Å². The van der Waals surface area contributed by atoms with Crippen LogP contribution in [0.15, 0.2) is 18.7 Å². The molecule has 0 aliphatic carbocycles. The number of halogens is 1. The van der Waals surface area contributed by atoms with Gasteiger partial charge in [0.15, 0.2) is 0 Å². The quantitative estimate of drug-likeness (QED) is 0.398. The lowest BCUT2D eigenvalue weighted by molar-refractivity contribution is 0.230. The molecule has 0 saturated heterocycles. The molecule has 0 N–H and O–H groups in total. The topological polar surface area (TPSA) is 17.8 Å². The second kappa shape index (κ2) is 10.7. The first-order valence-corrected chi connectivity index (χ1v) is 7.68. The minimum atomic E-state index is 0. The number of imidazole rings is 1. The lowest BCUT2D eigenvalue weighted by atomic mass is 9.81. The molecule has 0 aromatic carbocycles. The Morgan fingerprint density at radius 3 is 2.32 bits per heavy atom. The highest BCUT2D eigenvalue weighted by Gasteiger charge is 2.22. The minimum absolute atomic E-state index is 0. The molecule has 1 aromatic heterocycles. The van der Waals surface area contributed by atoms with E-state index in [0.29, 0.717) is 6.04 Å². The summed E-state index contributed by atoms with van der Waals surface area (Å²) in [5.74, 6) is 1.59. The van der Waals surface area contributed by atoms with Crippen LogP contribution in [0, 0.1) is 11.8 Å². The van der Waals surface area contributed by atoms with Crippen molar-refractivity contribution in [2.75, 3.05) is 0 Å². The third-order valence-electron chi connectivity index (χ3n) is 4.34. The molecule has 2 nitrogen and oxygen atoms in total. The van der Waals surface area contributed by atoms with E-state index in [9.17, 15) is 0 Å². The van der Waals surface area contributed by atoms with Crippen LogP contribution in [0.1, 0.15) is 72.3 Å². The van der Waals surface area contributed by atoms with E-state index in [1.54, 1.807) is 0 Å². The molecule has 112 valence electrons. The molecular weight excluding hydrogens is 347 g/mol. The first kappa shape index (κ1) is 18.9. The molecule has 0 spiro atoms. The van der Waals surface area contributed by atoms with Gasteiger partial charge in [0.05, 0.1) is 6.33 Å². The smallest absolute Gasteiger partial charge is 0.0948 e. The molecule has 1 heterocycles. The van der Waals surface area contributed by atoms with Crippen molar-refractivity contribution < 1.29 is 0 Å². The van der Waals surface area contributed by atoms with Gasteiger partial charge in [0, 0.05) is 18.4 Å². The highest BCUT2D eigenvalue weighted by molar-refractivity contribution is 14.0. The van der Waals surface area contributed by atoms with Crippen LogP contribution in [0.4, 0.5) is 0 Å². The van der Waals surface area contributed by atoms with Crippen LogP contribution in [0.5, 0.6) is 0 Å². The van der Waals surface area contributed by atoms with Gasteiger partial charge in [-0.3, -0.25) is 0 Å². The molecule has 3 unspecified atom stereocenters. The van der Waals surface area contributed by atoms with Crippen molar-refractivity contribution in [2.24, 2.45) is 11.8 Å². The van der Waals surface area contributed by atoms with Gasteiger partial charge in [-0.15, -0.1) is 24.0 Å². The lowest BCUT2D eigenvalue weighted by Gasteiger charge is -2.29. The van der Waals surface area contributed by atoms with Crippen LogP contribution < -0.4 is 0 Å². The van der Waals surface area contributed by atoms with Gasteiger partial charge in [0.1, 0.15) is 0 Å². The summed E-state index contributed by atoms with van der Waals surface area (Å²) in [7, 11) is 0. The summed E-state index contributed by atoms with van der Waals surface area (Å²) >= 11 is 0. The Kier molecular flexibility index (Phi) is 10.7. The summed E-state index contributed by atoms with van der Waals surface area (Å²) in [6.45, 7) is 9.33. The fraction of sp³-hybridized carbons (Fsp3) is 0.812. The van der Waals surface area contributed by atoms with Crippen LogP contribution in [0.25, 0.3) is 0 Å². The number of nitrogens with zero attached hydrogens (tertiary/aromatic N) is 2. The molecule has 0 saturated carbocycles. The molecule has 1 aromatic rings. The average Bonchev–Trinajstić information content (AvgIpc) is 2.90. The van der Waals surface area contributed by atoms with Crippen LogP contribution in [-0.4, -0.2) is 9.55 Å². The molecule has 0 fully saturated rings. The van der Waals surface area contributed by atoms with Gasteiger partial charge in [-0.25, -0.2) is 4.98 Å². The van der Waals surface area contributed by atoms with Crippen LogP contribution in [0.2, 0.25) is 0 Å². The van der Waals surface area contributed by atoms with E-state index < -0.39 is 0 Å². The van der Waals surface area contributed by atoms with Gasteiger partial charge in [-0.1, -0.05) is 59.3 Å². The largest absolute Gasteiger partial charge is 0.334 e. The maximum absolute atomic E-state index is 4.17. The fourth-order valence-corrected chi connectivity index (χ4v) is 2.87. The zero-order valence-electron chi connectivity index (χ0n) is 13.0. The molecule has 3 heteroatoms. The van der Waals surface area contributed by atoms with Crippen molar-refractivity contribution in [3.05, 3.63) is 18.7 Å². The van der Waals surface area contributed by atoms with Crippen molar-refractivity contribution in [2.45, 2.75) is 72.3 Å². The van der Waals surface area contributed by atoms with Crippen LogP contribution in [-0.2, 0) is 0 Å². The molecular formula is C16H31IN2. The van der Waals surface area contributed by atoms with Gasteiger partial charge in [0.2, 0.25) is 0 Å². The summed E-state index contributed by atoms with van der Waals surface area (Å²) in [6, 6.07) is 0.561. The predicted molar refractivity (Wildman–Crippen MR) is 94.1 cm³/mol. The third kappa shape index (κ3) is 6.28. The lowest BCUT2D eigenvalue weighted by Crippen LogP contribution is -2.21. The Hall–Kier alpha value is -0.0600. The second-order valence-corrected chi connectivity index (χ2v) is 5.65. The zero-order chi connectivity index (χ0) is 13.4. The molecule has 0 radical (unpaired) electrons. The van der Waals surface area contributed by atoms with E-state index in [-0.39, 0.29) is 24.0 Å². The molecule has 0 amide bonds. The zero-order valence-corrected chi connectivity index (χ0v) is 15.3. The molecule has 0 aliphatic rings. The molecule has 3 atom stereocenters. The third-order valence-corrected chi connectivity index (χ3v) is 4.34. The van der Waals surface area contributed by atoms with E-state index in [1.165, 1.54) is 38.5 Å². The van der Waals surface area contributed by atoms with Gasteiger partial charge in [-0.05, 0) is 18.8 Å². The molecule has 19 heavy (non-hydrogen) atoms. The van der Waals surface area contributed by atoms with Crippen molar-refractivity contribution in [1.82, 2.24) is 9.55 Å². The van der Waals surface area contributed by atoms with Gasteiger partial charge < -0.3 is 4.57 Å². The first-order chi connectivity index (χ1) is 8.70. The minimum Gasteiger partial charge on any atom is -0.334 e. The Labute approximate surface area is 136 Å². The van der Waals surface area contributed by atoms with Gasteiger partial charge >= 0.3 is 0 Å². The highest BCUT2D eigenvalue weighted by atomic mass is 127. The van der Waals surface area contributed by atoms with E-state index in [2.05, 4.69) is 43.4 Å². The Balaban J connectivity index is 0.00000324. The van der Waals surface area contributed by atoms with Crippen molar-refractivity contribution >= 4 is 24.0 Å². The number of unbranched alkanes of at least 4 members (excludes halogenated alkanes) is 2. The number of aromatic nitrogens is 2. The van der Waals surface area contributed by atoms with Gasteiger partial charge in [0.25, 0.3) is 0 Å². The number of rotatable bonds is 9. The normalized spacial score (nSPS) is 15.6. The summed E-state index contributed by atoms with van der Waals surface area (Å²) < 4.78 is 2.26. The van der Waals surface area contributed by atoms with Crippen molar-refractivity contribution in [1.29, 1.82) is 0 Å².